The maximum Gasteiger partial charge on any atom is 0.291 e. The molecular weight excluding hydrogens is 266 g/mol. The van der Waals surface area contributed by atoms with Crippen molar-refractivity contribution in [2.75, 3.05) is 11.6 Å². The second-order valence-corrected chi connectivity index (χ2v) is 6.18. The molecule has 0 spiro atoms. The fraction of sp³-hybridized carbons (Fsp3) is 0.154. The van der Waals surface area contributed by atoms with Crippen LogP contribution in [0.15, 0.2) is 45.7 Å². The lowest BCUT2D eigenvalue weighted by atomic mass is 10.3. The average molecular weight is 279 g/mol. The summed E-state index contributed by atoms with van der Waals surface area (Å²) < 4.78 is 27.8. The van der Waals surface area contributed by atoms with E-state index >= 15 is 0 Å². The van der Waals surface area contributed by atoms with E-state index in [1.54, 1.807) is 19.1 Å². The standard InChI is InChI=1S/C13H13NO4S/c1-9-3-8-12(18-9)13(15)14-10-4-6-11(7-5-10)19(2,16)17/h3-8H,1-2H3,(H,14,15). The van der Waals surface area contributed by atoms with E-state index in [0.29, 0.717) is 11.4 Å². The lowest BCUT2D eigenvalue weighted by molar-refractivity contribution is 0.0995. The molecule has 2 aromatic rings. The number of sulfone groups is 1. The molecule has 0 aliphatic heterocycles. The van der Waals surface area contributed by atoms with E-state index < -0.39 is 9.84 Å². The number of amides is 1. The molecule has 1 N–H and O–H groups in total. The Morgan fingerprint density at radius 2 is 1.74 bits per heavy atom. The number of rotatable bonds is 3. The summed E-state index contributed by atoms with van der Waals surface area (Å²) in [4.78, 5) is 12.0. The van der Waals surface area contributed by atoms with Crippen LogP contribution in [-0.4, -0.2) is 20.6 Å². The van der Waals surface area contributed by atoms with Crippen LogP contribution in [0.5, 0.6) is 0 Å². The second kappa shape index (κ2) is 4.89. The zero-order chi connectivity index (χ0) is 14.0. The van der Waals surface area contributed by atoms with Gasteiger partial charge in [0.05, 0.1) is 4.90 Å². The molecule has 6 heteroatoms. The van der Waals surface area contributed by atoms with Crippen LogP contribution >= 0.6 is 0 Å². The van der Waals surface area contributed by atoms with Gasteiger partial charge in [0.25, 0.3) is 5.91 Å². The molecule has 2 rings (SSSR count). The van der Waals surface area contributed by atoms with E-state index in [1.807, 2.05) is 0 Å². The van der Waals surface area contributed by atoms with Gasteiger partial charge in [0.2, 0.25) is 0 Å². The molecule has 0 saturated carbocycles. The highest BCUT2D eigenvalue weighted by molar-refractivity contribution is 7.90. The van der Waals surface area contributed by atoms with Crippen LogP contribution in [0.25, 0.3) is 0 Å². The molecule has 100 valence electrons. The highest BCUT2D eigenvalue weighted by Gasteiger charge is 2.11. The molecule has 0 aliphatic carbocycles. The minimum atomic E-state index is -3.23. The van der Waals surface area contributed by atoms with Crippen molar-refractivity contribution in [2.24, 2.45) is 0 Å². The van der Waals surface area contributed by atoms with Crippen LogP contribution < -0.4 is 5.32 Å². The number of furan rings is 1. The number of nitrogens with one attached hydrogen (secondary N) is 1. The molecule has 0 fully saturated rings. The molecule has 1 heterocycles. The van der Waals surface area contributed by atoms with Crippen molar-refractivity contribution >= 4 is 21.4 Å². The number of aryl methyl sites for hydroxylation is 1. The molecular formula is C13H13NO4S. The Balaban J connectivity index is 2.14. The predicted molar refractivity (Wildman–Crippen MR) is 71.0 cm³/mol. The molecule has 1 aromatic carbocycles. The zero-order valence-electron chi connectivity index (χ0n) is 10.5. The first-order valence-electron chi connectivity index (χ1n) is 5.54. The highest BCUT2D eigenvalue weighted by atomic mass is 32.2. The van der Waals surface area contributed by atoms with Crippen molar-refractivity contribution < 1.29 is 17.6 Å². The van der Waals surface area contributed by atoms with E-state index in [2.05, 4.69) is 5.32 Å². The smallest absolute Gasteiger partial charge is 0.291 e. The van der Waals surface area contributed by atoms with Crippen molar-refractivity contribution in [2.45, 2.75) is 11.8 Å². The molecule has 1 amide bonds. The number of hydrogen-bond donors (Lipinski definition) is 1. The minimum absolute atomic E-state index is 0.208. The van der Waals surface area contributed by atoms with Crippen LogP contribution in [0.3, 0.4) is 0 Å². The van der Waals surface area contributed by atoms with Gasteiger partial charge < -0.3 is 9.73 Å². The molecule has 0 saturated heterocycles. The number of carbonyl (C=O) groups is 1. The van der Waals surface area contributed by atoms with Crippen molar-refractivity contribution in [1.29, 1.82) is 0 Å². The molecule has 19 heavy (non-hydrogen) atoms. The number of benzene rings is 1. The topological polar surface area (TPSA) is 76.4 Å². The van der Waals surface area contributed by atoms with Gasteiger partial charge in [-0.05, 0) is 43.3 Å². The monoisotopic (exact) mass is 279 g/mol. The van der Waals surface area contributed by atoms with Gasteiger partial charge in [-0.2, -0.15) is 0 Å². The summed E-state index contributed by atoms with van der Waals surface area (Å²) >= 11 is 0. The third-order valence-corrected chi connectivity index (χ3v) is 3.63. The summed E-state index contributed by atoms with van der Waals surface area (Å²) in [5.41, 5.74) is 0.506. The third kappa shape index (κ3) is 3.23. The first-order chi connectivity index (χ1) is 8.86. The molecule has 5 nitrogen and oxygen atoms in total. The van der Waals surface area contributed by atoms with Crippen molar-refractivity contribution in [1.82, 2.24) is 0 Å². The largest absolute Gasteiger partial charge is 0.456 e. The molecule has 0 unspecified atom stereocenters. The fourth-order valence-electron chi connectivity index (χ4n) is 1.53. The summed E-state index contributed by atoms with van der Waals surface area (Å²) in [5, 5.41) is 2.62. The van der Waals surface area contributed by atoms with Gasteiger partial charge in [-0.3, -0.25) is 4.79 Å². The first-order valence-corrected chi connectivity index (χ1v) is 7.43. The number of carbonyl (C=O) groups excluding carboxylic acids is 1. The zero-order valence-corrected chi connectivity index (χ0v) is 11.3. The Morgan fingerprint density at radius 3 is 2.21 bits per heavy atom. The lowest BCUT2D eigenvalue weighted by Gasteiger charge is -2.04. The van der Waals surface area contributed by atoms with E-state index in [-0.39, 0.29) is 16.6 Å². The molecule has 0 bridgehead atoms. The van der Waals surface area contributed by atoms with Crippen LogP contribution in [0.2, 0.25) is 0 Å². The van der Waals surface area contributed by atoms with Crippen molar-refractivity contribution in [3.05, 3.63) is 47.9 Å². The fourth-order valence-corrected chi connectivity index (χ4v) is 2.17. The van der Waals surface area contributed by atoms with Gasteiger partial charge in [0.15, 0.2) is 15.6 Å². The maximum atomic E-state index is 11.8. The maximum absolute atomic E-state index is 11.8. The summed E-state index contributed by atoms with van der Waals surface area (Å²) in [5.74, 6) is 0.488. The van der Waals surface area contributed by atoms with Crippen LogP contribution in [0, 0.1) is 6.92 Å². The minimum Gasteiger partial charge on any atom is -0.456 e. The van der Waals surface area contributed by atoms with E-state index in [0.717, 1.165) is 6.26 Å². The van der Waals surface area contributed by atoms with Gasteiger partial charge in [-0.1, -0.05) is 0 Å². The normalized spacial score (nSPS) is 11.3. The van der Waals surface area contributed by atoms with Gasteiger partial charge in [-0.15, -0.1) is 0 Å². The van der Waals surface area contributed by atoms with Crippen LogP contribution in [-0.2, 0) is 9.84 Å². The van der Waals surface area contributed by atoms with Gasteiger partial charge in [-0.25, -0.2) is 8.42 Å². The van der Waals surface area contributed by atoms with Crippen molar-refractivity contribution in [3.63, 3.8) is 0 Å². The van der Waals surface area contributed by atoms with Gasteiger partial charge in [0.1, 0.15) is 5.76 Å². The third-order valence-electron chi connectivity index (χ3n) is 2.50. The molecule has 0 atom stereocenters. The Bertz CT molecular complexity index is 698. The summed E-state index contributed by atoms with van der Waals surface area (Å²) in [6.07, 6.45) is 1.13. The number of anilines is 1. The Labute approximate surface area is 111 Å². The summed E-state index contributed by atoms with van der Waals surface area (Å²) in [7, 11) is -3.23. The summed E-state index contributed by atoms with van der Waals surface area (Å²) in [6, 6.07) is 9.22. The van der Waals surface area contributed by atoms with Crippen LogP contribution in [0.4, 0.5) is 5.69 Å². The number of hydrogen-bond acceptors (Lipinski definition) is 4. The Morgan fingerprint density at radius 1 is 1.11 bits per heavy atom. The Hall–Kier alpha value is -2.08. The van der Waals surface area contributed by atoms with E-state index in [1.165, 1.54) is 24.3 Å². The lowest BCUT2D eigenvalue weighted by Crippen LogP contribution is -2.10. The van der Waals surface area contributed by atoms with Crippen molar-refractivity contribution in [3.8, 4) is 0 Å². The molecule has 1 aromatic heterocycles. The Kier molecular flexibility index (Phi) is 3.44. The van der Waals surface area contributed by atoms with Crippen LogP contribution in [0.1, 0.15) is 16.3 Å². The molecule has 0 aliphatic rings. The predicted octanol–water partition coefficient (Wildman–Crippen LogP) is 2.24. The van der Waals surface area contributed by atoms with E-state index in [4.69, 9.17) is 4.42 Å². The summed E-state index contributed by atoms with van der Waals surface area (Å²) in [6.45, 7) is 1.75. The average Bonchev–Trinajstić information content (AvgIpc) is 2.75. The second-order valence-electron chi connectivity index (χ2n) is 4.16. The van der Waals surface area contributed by atoms with Gasteiger partial charge in [0, 0.05) is 11.9 Å². The quantitative estimate of drug-likeness (QED) is 0.934. The molecule has 0 radical (unpaired) electrons. The van der Waals surface area contributed by atoms with E-state index in [9.17, 15) is 13.2 Å². The highest BCUT2D eigenvalue weighted by Crippen LogP contribution is 2.15. The first kappa shape index (κ1) is 13.4. The van der Waals surface area contributed by atoms with Gasteiger partial charge >= 0.3 is 0 Å². The SMILES string of the molecule is Cc1ccc(C(=O)Nc2ccc(S(C)(=O)=O)cc2)o1.